The molecule has 4 aliphatic heterocycles. The van der Waals surface area contributed by atoms with Gasteiger partial charge in [-0.05, 0) is 37.0 Å². The first-order chi connectivity index (χ1) is 23.4. The molecule has 48 heavy (non-hydrogen) atoms. The molecule has 1 N–H and O–H groups in total. The molecule has 6 atom stereocenters. The maximum atomic E-state index is 15.1. The largest absolute Gasteiger partial charge is 0.394 e. The molecule has 2 aromatic rings. The molecular formula is C38H48N4O6. The summed E-state index contributed by atoms with van der Waals surface area (Å²) in [5, 5.41) is 10.9. The van der Waals surface area contributed by atoms with E-state index in [4.69, 9.17) is 9.47 Å². The molecule has 2 bridgehead atoms. The van der Waals surface area contributed by atoms with Gasteiger partial charge >= 0.3 is 0 Å². The number of likely N-dealkylation sites (tertiary alicyclic amines) is 1. The molecule has 2 aromatic carbocycles. The average Bonchev–Trinajstić information content (AvgIpc) is 3.74. The normalized spacial score (nSPS) is 28.6. The molecule has 10 nitrogen and oxygen atoms in total. The fourth-order valence-corrected chi connectivity index (χ4v) is 8.61. The van der Waals surface area contributed by atoms with E-state index < -0.39 is 35.1 Å². The molecule has 2 unspecified atom stereocenters. The smallest absolute Gasteiger partial charge is 0.248 e. The van der Waals surface area contributed by atoms with Gasteiger partial charge in [-0.3, -0.25) is 19.3 Å². The fraction of sp³-hybridized carbons (Fsp3) is 0.500. The Kier molecular flexibility index (Phi) is 10.2. The lowest BCUT2D eigenvalue weighted by Crippen LogP contribution is -2.58. The van der Waals surface area contributed by atoms with Crippen molar-refractivity contribution in [1.82, 2.24) is 14.7 Å². The maximum Gasteiger partial charge on any atom is 0.248 e. The third-order valence-corrected chi connectivity index (χ3v) is 10.9. The molecule has 4 heterocycles. The second kappa shape index (κ2) is 14.3. The summed E-state index contributed by atoms with van der Waals surface area (Å²) in [4.78, 5) is 52.2. The number of carbonyl (C=O) groups is 3. The molecule has 1 spiro atoms. The van der Waals surface area contributed by atoms with Gasteiger partial charge in [0.1, 0.15) is 11.6 Å². The number of aliphatic hydroxyl groups excluding tert-OH is 1. The van der Waals surface area contributed by atoms with Crippen molar-refractivity contribution in [3.05, 3.63) is 91.5 Å². The van der Waals surface area contributed by atoms with Crippen molar-refractivity contribution in [2.45, 2.75) is 49.5 Å². The van der Waals surface area contributed by atoms with Gasteiger partial charge in [0.2, 0.25) is 17.7 Å². The molecule has 3 amide bonds. The second-order valence-electron chi connectivity index (χ2n) is 13.3. The van der Waals surface area contributed by atoms with E-state index in [2.05, 4.69) is 18.1 Å². The lowest BCUT2D eigenvalue weighted by Gasteiger charge is -2.40. The van der Waals surface area contributed by atoms with E-state index in [0.29, 0.717) is 63.4 Å². The minimum atomic E-state index is -1.23. The van der Waals surface area contributed by atoms with Crippen molar-refractivity contribution in [1.29, 1.82) is 0 Å². The zero-order valence-electron chi connectivity index (χ0n) is 27.9. The van der Waals surface area contributed by atoms with Gasteiger partial charge in [-0.15, -0.1) is 13.2 Å². The van der Waals surface area contributed by atoms with Crippen molar-refractivity contribution >= 4 is 23.4 Å². The van der Waals surface area contributed by atoms with E-state index in [9.17, 15) is 9.90 Å². The minimum absolute atomic E-state index is 0.216. The quantitative estimate of drug-likeness (QED) is 0.311. The standard InChI is InChI=1S/C38H48N4O6/c1-4-19-40(22-21-39-23-25-47-26-24-39)36(46)33-38-18-17-37(6-3,48-38)31(34(44)41(20-5-2)29-15-11-8-12-16-29)32(38)35(45)42(33)30(27-43)28-13-9-7-10-14-28/h4-5,7-16,30-33,43H,1-2,6,17-27H2,3H3/t30-,31+,32+,33?,37-,38?/m1/s1. The van der Waals surface area contributed by atoms with Crippen LogP contribution in [0, 0.1) is 11.8 Å². The van der Waals surface area contributed by atoms with Crippen molar-refractivity contribution in [3.63, 3.8) is 0 Å². The zero-order chi connectivity index (χ0) is 33.9. The van der Waals surface area contributed by atoms with Gasteiger partial charge < -0.3 is 29.3 Å². The molecule has 4 aliphatic rings. The van der Waals surface area contributed by atoms with Crippen LogP contribution in [0.15, 0.2) is 86.0 Å². The molecule has 0 aromatic heterocycles. The average molecular weight is 657 g/mol. The SMILES string of the molecule is C=CCN(CCN1CCOCC1)C(=O)C1N([C@H](CO)c2ccccc2)C(=O)[C@@H]2[C@@H](C(=O)N(CC=C)c3ccccc3)[C@@]3(CC)CCC12O3. The number of nitrogens with zero attached hydrogens (tertiary/aromatic N) is 4. The van der Waals surface area contributed by atoms with Gasteiger partial charge in [-0.1, -0.05) is 67.6 Å². The predicted molar refractivity (Wildman–Crippen MR) is 183 cm³/mol. The first-order valence-corrected chi connectivity index (χ1v) is 17.2. The van der Waals surface area contributed by atoms with Crippen LogP contribution in [0.3, 0.4) is 0 Å². The molecule has 0 saturated carbocycles. The lowest BCUT2D eigenvalue weighted by atomic mass is 9.64. The van der Waals surface area contributed by atoms with Crippen molar-refractivity contribution in [2.24, 2.45) is 11.8 Å². The highest BCUT2D eigenvalue weighted by molar-refractivity contribution is 6.03. The van der Waals surface area contributed by atoms with Crippen molar-refractivity contribution < 1.29 is 29.0 Å². The number of fused-ring (bicyclic) bond motifs is 1. The second-order valence-corrected chi connectivity index (χ2v) is 13.3. The summed E-state index contributed by atoms with van der Waals surface area (Å²) in [7, 11) is 0. The van der Waals surface area contributed by atoms with E-state index in [-0.39, 0.29) is 30.9 Å². The highest BCUT2D eigenvalue weighted by Crippen LogP contribution is 2.65. The first-order valence-electron chi connectivity index (χ1n) is 17.2. The molecule has 4 saturated heterocycles. The minimum Gasteiger partial charge on any atom is -0.394 e. The van der Waals surface area contributed by atoms with Gasteiger partial charge in [0.25, 0.3) is 0 Å². The van der Waals surface area contributed by atoms with Crippen LogP contribution in [0.1, 0.15) is 37.8 Å². The first kappa shape index (κ1) is 34.0. The molecule has 4 fully saturated rings. The third-order valence-electron chi connectivity index (χ3n) is 10.9. The van der Waals surface area contributed by atoms with Gasteiger partial charge in [0, 0.05) is 45.0 Å². The Morgan fingerprint density at radius 1 is 1.00 bits per heavy atom. The number of para-hydroxylation sites is 1. The van der Waals surface area contributed by atoms with Gasteiger partial charge in [0.05, 0.1) is 43.3 Å². The van der Waals surface area contributed by atoms with Crippen LogP contribution in [-0.2, 0) is 23.9 Å². The number of hydrogen-bond donors (Lipinski definition) is 1. The molecule has 0 aliphatic carbocycles. The molecule has 6 rings (SSSR count). The monoisotopic (exact) mass is 656 g/mol. The fourth-order valence-electron chi connectivity index (χ4n) is 8.61. The Morgan fingerprint density at radius 2 is 1.67 bits per heavy atom. The number of benzene rings is 2. The summed E-state index contributed by atoms with van der Waals surface area (Å²) in [6, 6.07) is 16.9. The number of morpholine rings is 1. The Balaban J connectivity index is 1.44. The number of hydrogen-bond acceptors (Lipinski definition) is 7. The number of rotatable bonds is 14. The van der Waals surface area contributed by atoms with Gasteiger partial charge in [-0.25, -0.2) is 0 Å². The van der Waals surface area contributed by atoms with Crippen molar-refractivity contribution in [3.8, 4) is 0 Å². The van der Waals surface area contributed by atoms with Crippen LogP contribution in [0.4, 0.5) is 5.69 Å². The van der Waals surface area contributed by atoms with Crippen LogP contribution in [-0.4, -0.2) is 114 Å². The van der Waals surface area contributed by atoms with E-state index >= 15 is 9.59 Å². The topological polar surface area (TPSA) is 103 Å². The third kappa shape index (κ3) is 5.78. The van der Waals surface area contributed by atoms with Crippen LogP contribution < -0.4 is 4.90 Å². The zero-order valence-corrected chi connectivity index (χ0v) is 27.9. The van der Waals surface area contributed by atoms with Gasteiger partial charge in [0.15, 0.2) is 0 Å². The highest BCUT2D eigenvalue weighted by Gasteiger charge is 2.79. The van der Waals surface area contributed by atoms with Gasteiger partial charge in [-0.2, -0.15) is 0 Å². The summed E-state index contributed by atoms with van der Waals surface area (Å²) >= 11 is 0. The summed E-state index contributed by atoms with van der Waals surface area (Å²) in [5.74, 6) is -2.51. The molecule has 256 valence electrons. The van der Waals surface area contributed by atoms with E-state index in [0.717, 1.165) is 13.1 Å². The van der Waals surface area contributed by atoms with E-state index in [1.807, 2.05) is 67.6 Å². The summed E-state index contributed by atoms with van der Waals surface area (Å²) in [5.41, 5.74) is -0.722. The Hall–Kier alpha value is -3.83. The molecule has 10 heteroatoms. The summed E-state index contributed by atoms with van der Waals surface area (Å²) in [6.45, 7) is 13.9. The number of amides is 3. The summed E-state index contributed by atoms with van der Waals surface area (Å²) in [6.07, 6.45) is 4.90. The van der Waals surface area contributed by atoms with Crippen LogP contribution >= 0.6 is 0 Å². The Labute approximate surface area is 283 Å². The van der Waals surface area contributed by atoms with Crippen LogP contribution in [0.2, 0.25) is 0 Å². The molecular weight excluding hydrogens is 608 g/mol. The summed E-state index contributed by atoms with van der Waals surface area (Å²) < 4.78 is 12.6. The Bertz CT molecular complexity index is 1480. The highest BCUT2D eigenvalue weighted by atomic mass is 16.5. The Morgan fingerprint density at radius 3 is 2.29 bits per heavy atom. The number of anilines is 1. The predicted octanol–water partition coefficient (Wildman–Crippen LogP) is 3.44. The van der Waals surface area contributed by atoms with E-state index in [1.165, 1.54) is 0 Å². The number of ether oxygens (including phenoxy) is 2. The lowest BCUT2D eigenvalue weighted by molar-refractivity contribution is -0.156. The number of carbonyl (C=O) groups excluding carboxylic acids is 3. The maximum absolute atomic E-state index is 15.1. The van der Waals surface area contributed by atoms with E-state index in [1.54, 1.807) is 26.9 Å². The van der Waals surface area contributed by atoms with Crippen molar-refractivity contribution in [2.75, 3.05) is 64.0 Å². The number of aliphatic hydroxyl groups is 1. The van der Waals surface area contributed by atoms with Crippen LogP contribution in [0.25, 0.3) is 0 Å². The van der Waals surface area contributed by atoms with Crippen LogP contribution in [0.5, 0.6) is 0 Å². The molecule has 0 radical (unpaired) electrons.